The van der Waals surface area contributed by atoms with Crippen molar-refractivity contribution in [3.8, 4) is 17.1 Å². The van der Waals surface area contributed by atoms with Gasteiger partial charge >= 0.3 is 0 Å². The Bertz CT molecular complexity index is 1160. The van der Waals surface area contributed by atoms with Crippen molar-refractivity contribution >= 4 is 22.8 Å². The fourth-order valence-electron chi connectivity index (χ4n) is 3.60. The van der Waals surface area contributed by atoms with Gasteiger partial charge in [0.25, 0.3) is 0 Å². The van der Waals surface area contributed by atoms with Crippen molar-refractivity contribution < 1.29 is 9.84 Å². The first-order valence-corrected chi connectivity index (χ1v) is 10.3. The highest BCUT2D eigenvalue weighted by atomic mass is 16.5. The third kappa shape index (κ3) is 3.92. The molecular formula is C22H23N7O2. The van der Waals surface area contributed by atoms with Crippen LogP contribution in [0.1, 0.15) is 0 Å². The van der Waals surface area contributed by atoms with Gasteiger partial charge < -0.3 is 20.1 Å². The van der Waals surface area contributed by atoms with E-state index in [1.54, 1.807) is 12.5 Å². The molecule has 31 heavy (non-hydrogen) atoms. The van der Waals surface area contributed by atoms with Crippen molar-refractivity contribution in [2.24, 2.45) is 0 Å². The van der Waals surface area contributed by atoms with Gasteiger partial charge in [0.2, 0.25) is 0 Å². The van der Waals surface area contributed by atoms with Crippen LogP contribution in [0.15, 0.2) is 55.0 Å². The number of aliphatic hydroxyl groups excluding tert-OH is 1. The van der Waals surface area contributed by atoms with Gasteiger partial charge in [-0.3, -0.25) is 4.57 Å². The number of imidazole rings is 1. The predicted octanol–water partition coefficient (Wildman–Crippen LogP) is 2.12. The molecule has 1 saturated heterocycles. The summed E-state index contributed by atoms with van der Waals surface area (Å²) in [4.78, 5) is 20.8. The molecule has 158 valence electrons. The van der Waals surface area contributed by atoms with Crippen molar-refractivity contribution in [1.82, 2.24) is 24.5 Å². The van der Waals surface area contributed by atoms with Gasteiger partial charge in [-0.15, -0.1) is 0 Å². The lowest BCUT2D eigenvalue weighted by molar-refractivity contribution is 0.122. The Hall–Kier alpha value is -3.56. The summed E-state index contributed by atoms with van der Waals surface area (Å²) in [5.74, 6) is 2.05. The van der Waals surface area contributed by atoms with Crippen LogP contribution in [0.4, 0.5) is 11.6 Å². The summed E-state index contributed by atoms with van der Waals surface area (Å²) in [5.41, 5.74) is 3.11. The lowest BCUT2D eigenvalue weighted by Crippen LogP contribution is -2.36. The molecule has 0 unspecified atom stereocenters. The number of pyridine rings is 1. The average Bonchev–Trinajstić information content (AvgIpc) is 3.28. The third-order valence-corrected chi connectivity index (χ3v) is 5.18. The molecule has 9 nitrogen and oxygen atoms in total. The normalized spacial score (nSPS) is 14.2. The summed E-state index contributed by atoms with van der Waals surface area (Å²) in [6.45, 7) is 3.47. The molecule has 0 bridgehead atoms. The van der Waals surface area contributed by atoms with Crippen LogP contribution >= 0.6 is 0 Å². The summed E-state index contributed by atoms with van der Waals surface area (Å²) in [5, 5.41) is 12.4. The highest BCUT2D eigenvalue weighted by Gasteiger charge is 2.17. The molecule has 9 heteroatoms. The average molecular weight is 417 g/mol. The second-order valence-corrected chi connectivity index (χ2v) is 7.17. The van der Waals surface area contributed by atoms with Crippen LogP contribution in [0.25, 0.3) is 28.2 Å². The van der Waals surface area contributed by atoms with Crippen LogP contribution in [0.5, 0.6) is 0 Å². The van der Waals surface area contributed by atoms with Crippen molar-refractivity contribution in [3.63, 3.8) is 0 Å². The molecule has 1 aromatic carbocycles. The van der Waals surface area contributed by atoms with Gasteiger partial charge in [0.05, 0.1) is 19.8 Å². The smallest absolute Gasteiger partial charge is 0.170 e. The van der Waals surface area contributed by atoms with Crippen molar-refractivity contribution in [2.45, 2.75) is 0 Å². The van der Waals surface area contributed by atoms with Gasteiger partial charge in [-0.25, -0.2) is 19.9 Å². The largest absolute Gasteiger partial charge is 0.395 e. The molecule has 0 spiro atoms. The number of hydrogen-bond acceptors (Lipinski definition) is 8. The number of nitrogens with zero attached hydrogens (tertiary/aromatic N) is 6. The van der Waals surface area contributed by atoms with Crippen LogP contribution in [-0.2, 0) is 4.74 Å². The summed E-state index contributed by atoms with van der Waals surface area (Å²) in [6.07, 6.45) is 3.54. The standard InChI is InChI=1S/C22H23N7O2/c30-11-8-23-21-19-22(29(15-25-19)17-4-2-1-3-5-17)27-20(26-21)16-6-7-18(24-14-16)28-9-12-31-13-10-28/h1-7,14-15,30H,8-13H2,(H,23,26,27). The molecular weight excluding hydrogens is 394 g/mol. The number of para-hydroxylation sites is 1. The summed E-state index contributed by atoms with van der Waals surface area (Å²) >= 11 is 0. The Morgan fingerprint density at radius 1 is 1.00 bits per heavy atom. The Morgan fingerprint density at radius 3 is 2.58 bits per heavy atom. The Labute approximate surface area is 179 Å². The molecule has 4 heterocycles. The zero-order valence-corrected chi connectivity index (χ0v) is 17.0. The number of aromatic nitrogens is 5. The Kier molecular flexibility index (Phi) is 5.42. The van der Waals surface area contributed by atoms with Gasteiger partial charge in [-0.05, 0) is 24.3 Å². The predicted molar refractivity (Wildman–Crippen MR) is 118 cm³/mol. The first-order valence-electron chi connectivity index (χ1n) is 10.3. The highest BCUT2D eigenvalue weighted by Crippen LogP contribution is 2.26. The van der Waals surface area contributed by atoms with Gasteiger partial charge in [0, 0.05) is 37.1 Å². The number of rotatable bonds is 6. The van der Waals surface area contributed by atoms with Crippen LogP contribution in [-0.4, -0.2) is 69.1 Å². The molecule has 0 amide bonds. The van der Waals surface area contributed by atoms with E-state index in [0.717, 1.165) is 30.2 Å². The van der Waals surface area contributed by atoms with E-state index in [1.807, 2.05) is 47.0 Å². The number of ether oxygens (including phenoxy) is 1. The zero-order chi connectivity index (χ0) is 21.0. The van der Waals surface area contributed by atoms with E-state index in [-0.39, 0.29) is 6.61 Å². The Balaban J connectivity index is 1.56. The minimum absolute atomic E-state index is 0.00394. The summed E-state index contributed by atoms with van der Waals surface area (Å²) < 4.78 is 7.35. The summed E-state index contributed by atoms with van der Waals surface area (Å²) in [7, 11) is 0. The second-order valence-electron chi connectivity index (χ2n) is 7.17. The minimum atomic E-state index is -0.00394. The SMILES string of the molecule is OCCNc1nc(-c2ccc(N3CCOCC3)nc2)nc2c1ncn2-c1ccccc1. The maximum atomic E-state index is 9.27. The number of anilines is 2. The number of fused-ring (bicyclic) bond motifs is 1. The van der Waals surface area contributed by atoms with Gasteiger partial charge in [0.1, 0.15) is 12.1 Å². The second kappa shape index (κ2) is 8.66. The maximum Gasteiger partial charge on any atom is 0.170 e. The van der Waals surface area contributed by atoms with Crippen LogP contribution in [0.3, 0.4) is 0 Å². The molecule has 2 N–H and O–H groups in total. The molecule has 0 radical (unpaired) electrons. The lowest BCUT2D eigenvalue weighted by atomic mass is 10.2. The van der Waals surface area contributed by atoms with E-state index in [9.17, 15) is 5.11 Å². The quantitative estimate of drug-likeness (QED) is 0.492. The minimum Gasteiger partial charge on any atom is -0.395 e. The lowest BCUT2D eigenvalue weighted by Gasteiger charge is -2.27. The molecule has 5 rings (SSSR count). The zero-order valence-electron chi connectivity index (χ0n) is 17.0. The first-order chi connectivity index (χ1) is 15.3. The molecule has 1 fully saturated rings. The van der Waals surface area contributed by atoms with E-state index < -0.39 is 0 Å². The number of benzene rings is 1. The molecule has 3 aromatic heterocycles. The van der Waals surface area contributed by atoms with E-state index in [1.165, 1.54) is 0 Å². The Morgan fingerprint density at radius 2 is 1.84 bits per heavy atom. The van der Waals surface area contributed by atoms with E-state index in [4.69, 9.17) is 9.72 Å². The number of morpholine rings is 1. The molecule has 1 aliphatic rings. The molecule has 4 aromatic rings. The first kappa shape index (κ1) is 19.4. The number of nitrogens with one attached hydrogen (secondary N) is 1. The van der Waals surface area contributed by atoms with Gasteiger partial charge in [-0.1, -0.05) is 18.2 Å². The van der Waals surface area contributed by atoms with Crippen LogP contribution in [0.2, 0.25) is 0 Å². The molecule has 0 saturated carbocycles. The molecule has 0 aliphatic carbocycles. The maximum absolute atomic E-state index is 9.27. The summed E-state index contributed by atoms with van der Waals surface area (Å²) in [6, 6.07) is 13.9. The van der Waals surface area contributed by atoms with Crippen LogP contribution in [0, 0.1) is 0 Å². The van der Waals surface area contributed by atoms with Crippen molar-refractivity contribution in [1.29, 1.82) is 0 Å². The highest BCUT2D eigenvalue weighted by molar-refractivity contribution is 5.86. The molecule has 0 atom stereocenters. The van der Waals surface area contributed by atoms with Crippen LogP contribution < -0.4 is 10.2 Å². The fraction of sp³-hybridized carbons (Fsp3) is 0.273. The van der Waals surface area contributed by atoms with Crippen molar-refractivity contribution in [3.05, 3.63) is 55.0 Å². The monoisotopic (exact) mass is 417 g/mol. The fourth-order valence-corrected chi connectivity index (χ4v) is 3.60. The van der Waals surface area contributed by atoms with E-state index in [0.29, 0.717) is 42.6 Å². The van der Waals surface area contributed by atoms with Gasteiger partial charge in [0.15, 0.2) is 22.8 Å². The third-order valence-electron chi connectivity index (χ3n) is 5.18. The molecule has 1 aliphatic heterocycles. The van der Waals surface area contributed by atoms with E-state index in [2.05, 4.69) is 25.2 Å². The number of aliphatic hydroxyl groups is 1. The van der Waals surface area contributed by atoms with Crippen molar-refractivity contribution in [2.75, 3.05) is 49.7 Å². The van der Waals surface area contributed by atoms with Gasteiger partial charge in [-0.2, -0.15) is 0 Å². The topological polar surface area (TPSA) is 101 Å². The number of hydrogen-bond donors (Lipinski definition) is 2. The van der Waals surface area contributed by atoms with E-state index >= 15 is 0 Å².